The van der Waals surface area contributed by atoms with Crippen molar-refractivity contribution in [3.8, 4) is 6.07 Å². The van der Waals surface area contributed by atoms with E-state index in [0.29, 0.717) is 6.42 Å². The summed E-state index contributed by atoms with van der Waals surface area (Å²) in [6.07, 6.45) is 9.58. The van der Waals surface area contributed by atoms with Gasteiger partial charge < -0.3 is 4.57 Å². The van der Waals surface area contributed by atoms with Gasteiger partial charge in [0.05, 0.1) is 18.2 Å². The van der Waals surface area contributed by atoms with Crippen molar-refractivity contribution < 1.29 is 0 Å². The molecule has 0 radical (unpaired) electrons. The second-order valence-corrected chi connectivity index (χ2v) is 4.46. The van der Waals surface area contributed by atoms with Crippen LogP contribution in [0.5, 0.6) is 0 Å². The van der Waals surface area contributed by atoms with Crippen LogP contribution >= 0.6 is 0 Å². The van der Waals surface area contributed by atoms with Crippen molar-refractivity contribution in [1.82, 2.24) is 9.55 Å². The number of hydrogen-bond acceptors (Lipinski definition) is 2. The van der Waals surface area contributed by atoms with Crippen molar-refractivity contribution in [3.63, 3.8) is 0 Å². The molecule has 0 aliphatic carbocycles. The third kappa shape index (κ3) is 4.60. The van der Waals surface area contributed by atoms with Gasteiger partial charge in [0.1, 0.15) is 5.82 Å². The summed E-state index contributed by atoms with van der Waals surface area (Å²) in [5.41, 5.74) is 1.19. The molecule has 1 aromatic rings. The van der Waals surface area contributed by atoms with Gasteiger partial charge in [0.2, 0.25) is 0 Å². The van der Waals surface area contributed by atoms with Gasteiger partial charge in [-0.15, -0.1) is 0 Å². The largest absolute Gasteiger partial charge is 0.334 e. The maximum Gasteiger partial charge on any atom is 0.108 e. The Morgan fingerprint density at radius 3 is 2.59 bits per heavy atom. The minimum absolute atomic E-state index is 0.572. The molecular weight excluding hydrogens is 210 g/mol. The average Bonchev–Trinajstić information content (AvgIpc) is 2.73. The summed E-state index contributed by atoms with van der Waals surface area (Å²) < 4.78 is 2.17. The number of imidazole rings is 1. The molecule has 0 fully saturated rings. The lowest BCUT2D eigenvalue weighted by atomic mass is 10.2. The molecule has 0 aliphatic rings. The third-order valence-corrected chi connectivity index (χ3v) is 2.91. The highest BCUT2D eigenvalue weighted by Gasteiger charge is 2.07. The number of nitriles is 1. The van der Waals surface area contributed by atoms with Gasteiger partial charge in [-0.3, -0.25) is 0 Å². The van der Waals surface area contributed by atoms with Gasteiger partial charge in [0, 0.05) is 19.2 Å². The van der Waals surface area contributed by atoms with E-state index >= 15 is 0 Å². The Bertz CT molecular complexity index is 360. The Kier molecular flexibility index (Phi) is 6.39. The van der Waals surface area contributed by atoms with E-state index in [9.17, 15) is 0 Å². The van der Waals surface area contributed by atoms with E-state index in [-0.39, 0.29) is 0 Å². The van der Waals surface area contributed by atoms with Gasteiger partial charge >= 0.3 is 0 Å². The lowest BCUT2D eigenvalue weighted by Crippen LogP contribution is -2.02. The quantitative estimate of drug-likeness (QED) is 0.689. The maximum absolute atomic E-state index is 8.66. The van der Waals surface area contributed by atoms with E-state index in [1.165, 1.54) is 31.4 Å². The molecule has 0 N–H and O–H groups in total. The molecule has 0 spiro atoms. The number of hydrogen-bond donors (Lipinski definition) is 0. The number of nitrogens with zero attached hydrogens (tertiary/aromatic N) is 3. The molecule has 0 unspecified atom stereocenters. The predicted molar refractivity (Wildman–Crippen MR) is 69.7 cm³/mol. The lowest BCUT2D eigenvalue weighted by molar-refractivity contribution is 0.640. The fraction of sp³-hybridized carbons (Fsp3) is 0.714. The molecule has 1 rings (SSSR count). The highest BCUT2D eigenvalue weighted by Crippen LogP contribution is 2.10. The first-order valence-corrected chi connectivity index (χ1v) is 6.73. The van der Waals surface area contributed by atoms with Crippen molar-refractivity contribution in [1.29, 1.82) is 5.26 Å². The summed E-state index contributed by atoms with van der Waals surface area (Å²) in [5.74, 6) is 1.16. The van der Waals surface area contributed by atoms with Crippen LogP contribution in [0.15, 0.2) is 6.20 Å². The lowest BCUT2D eigenvalue weighted by Gasteiger charge is -2.03. The van der Waals surface area contributed by atoms with Crippen molar-refractivity contribution in [2.75, 3.05) is 0 Å². The zero-order chi connectivity index (χ0) is 12.5. The van der Waals surface area contributed by atoms with Crippen LogP contribution in [0.4, 0.5) is 0 Å². The molecule has 0 bridgehead atoms. The number of rotatable bonds is 8. The molecule has 17 heavy (non-hydrogen) atoms. The second-order valence-electron chi connectivity index (χ2n) is 4.46. The minimum Gasteiger partial charge on any atom is -0.334 e. The zero-order valence-electron chi connectivity index (χ0n) is 11.1. The average molecular weight is 233 g/mol. The van der Waals surface area contributed by atoms with Crippen LogP contribution in [-0.4, -0.2) is 9.55 Å². The molecule has 0 atom stereocenters. The molecule has 0 saturated heterocycles. The zero-order valence-corrected chi connectivity index (χ0v) is 11.1. The number of aryl methyl sites for hydroxylation is 3. The molecule has 0 amide bonds. The minimum atomic E-state index is 0.572. The summed E-state index contributed by atoms with van der Waals surface area (Å²) in [6, 6.07) is 2.20. The van der Waals surface area contributed by atoms with E-state index in [1.807, 2.05) is 0 Å². The smallest absolute Gasteiger partial charge is 0.108 e. The molecule has 0 saturated carbocycles. The van der Waals surface area contributed by atoms with Crippen molar-refractivity contribution in [3.05, 3.63) is 17.7 Å². The molecule has 94 valence electrons. The van der Waals surface area contributed by atoms with Gasteiger partial charge in [-0.1, -0.05) is 26.7 Å². The van der Waals surface area contributed by atoms with E-state index in [1.54, 1.807) is 0 Å². The van der Waals surface area contributed by atoms with Crippen LogP contribution in [0.1, 0.15) is 57.5 Å². The van der Waals surface area contributed by atoms with Gasteiger partial charge in [0.15, 0.2) is 0 Å². The number of unbranched alkanes of at least 4 members (excludes halogenated alkanes) is 2. The van der Waals surface area contributed by atoms with E-state index in [0.717, 1.165) is 25.2 Å². The Morgan fingerprint density at radius 1 is 1.24 bits per heavy atom. The van der Waals surface area contributed by atoms with Crippen molar-refractivity contribution in [2.45, 2.75) is 65.3 Å². The first kappa shape index (κ1) is 13.8. The SMILES string of the molecule is CCCCc1cn(CCC#N)c(CCCC)n1. The Hall–Kier alpha value is -1.30. The highest BCUT2D eigenvalue weighted by molar-refractivity contribution is 5.05. The van der Waals surface area contributed by atoms with Crippen LogP contribution in [0.3, 0.4) is 0 Å². The fourth-order valence-corrected chi connectivity index (χ4v) is 1.89. The normalized spacial score (nSPS) is 10.4. The topological polar surface area (TPSA) is 41.6 Å². The monoisotopic (exact) mass is 233 g/mol. The molecule has 3 nitrogen and oxygen atoms in total. The van der Waals surface area contributed by atoms with Gasteiger partial charge in [-0.2, -0.15) is 5.26 Å². The number of aromatic nitrogens is 2. The summed E-state index contributed by atoms with van der Waals surface area (Å²) >= 11 is 0. The summed E-state index contributed by atoms with van der Waals surface area (Å²) in [4.78, 5) is 4.69. The van der Waals surface area contributed by atoms with Crippen LogP contribution < -0.4 is 0 Å². The van der Waals surface area contributed by atoms with Crippen LogP contribution in [0.25, 0.3) is 0 Å². The predicted octanol–water partition coefficient (Wildman–Crippen LogP) is 3.48. The van der Waals surface area contributed by atoms with Gasteiger partial charge in [-0.25, -0.2) is 4.98 Å². The molecule has 3 heteroatoms. The summed E-state index contributed by atoms with van der Waals surface area (Å²) in [6.45, 7) is 5.18. The first-order valence-electron chi connectivity index (χ1n) is 6.73. The highest BCUT2D eigenvalue weighted by atomic mass is 15.1. The third-order valence-electron chi connectivity index (χ3n) is 2.91. The molecule has 0 aliphatic heterocycles. The van der Waals surface area contributed by atoms with Gasteiger partial charge in [-0.05, 0) is 19.3 Å². The maximum atomic E-state index is 8.66. The molecule has 1 aromatic heterocycles. The molecule has 0 aromatic carbocycles. The van der Waals surface area contributed by atoms with Crippen LogP contribution in [-0.2, 0) is 19.4 Å². The van der Waals surface area contributed by atoms with E-state index < -0.39 is 0 Å². The van der Waals surface area contributed by atoms with Crippen LogP contribution in [0, 0.1) is 11.3 Å². The molecule has 1 heterocycles. The van der Waals surface area contributed by atoms with Crippen LogP contribution in [0.2, 0.25) is 0 Å². The van der Waals surface area contributed by atoms with E-state index in [2.05, 4.69) is 30.7 Å². The Labute approximate surface area is 104 Å². The fourth-order valence-electron chi connectivity index (χ4n) is 1.89. The second kappa shape index (κ2) is 7.89. The Balaban J connectivity index is 2.68. The van der Waals surface area contributed by atoms with Crippen molar-refractivity contribution >= 4 is 0 Å². The Morgan fingerprint density at radius 2 is 1.94 bits per heavy atom. The standard InChI is InChI=1S/C14H23N3/c1-3-5-8-13-12-17(11-7-10-15)14(16-13)9-6-4-2/h12H,3-9,11H2,1-2H3. The van der Waals surface area contributed by atoms with Crippen molar-refractivity contribution in [2.24, 2.45) is 0 Å². The summed E-state index contributed by atoms with van der Waals surface area (Å²) in [5, 5.41) is 8.66. The molecular formula is C14H23N3. The first-order chi connectivity index (χ1) is 8.31. The summed E-state index contributed by atoms with van der Waals surface area (Å²) in [7, 11) is 0. The van der Waals surface area contributed by atoms with Gasteiger partial charge in [0.25, 0.3) is 0 Å². The van der Waals surface area contributed by atoms with E-state index in [4.69, 9.17) is 10.2 Å².